The summed E-state index contributed by atoms with van der Waals surface area (Å²) in [7, 11) is 0. The van der Waals surface area contributed by atoms with Gasteiger partial charge in [-0.05, 0) is 35.9 Å². The lowest BCUT2D eigenvalue weighted by Crippen LogP contribution is -2.30. The number of aromatic nitrogens is 1. The zero-order valence-electron chi connectivity index (χ0n) is 11.5. The van der Waals surface area contributed by atoms with Crippen LogP contribution in [-0.4, -0.2) is 4.92 Å². The number of rotatable bonds is 3. The van der Waals surface area contributed by atoms with Gasteiger partial charge >= 0.3 is 0 Å². The van der Waals surface area contributed by atoms with E-state index in [9.17, 15) is 15.3 Å². The summed E-state index contributed by atoms with van der Waals surface area (Å²) in [6.07, 6.45) is 3.45. The third kappa shape index (κ3) is 2.64. The van der Waals surface area contributed by atoms with Crippen LogP contribution in [0.2, 0.25) is 0 Å². The van der Waals surface area contributed by atoms with Gasteiger partial charge in [0, 0.05) is 35.7 Å². The Morgan fingerprint density at radius 2 is 1.64 bits per heavy atom. The van der Waals surface area contributed by atoms with Crippen LogP contribution in [-0.2, 0) is 0 Å². The minimum atomic E-state index is -0.442. The predicted molar refractivity (Wildman–Crippen MR) is 84.9 cm³/mol. The first-order chi connectivity index (χ1) is 10.6. The summed E-state index contributed by atoms with van der Waals surface area (Å²) in [6.45, 7) is 0. The van der Waals surface area contributed by atoms with Gasteiger partial charge in [-0.1, -0.05) is 12.1 Å². The molecular weight excluding hydrogens is 280 g/mol. The summed E-state index contributed by atoms with van der Waals surface area (Å²) in [5.74, 6) is 0. The predicted octanol–water partition coefficient (Wildman–Crippen LogP) is 3.55. The third-order valence-corrected chi connectivity index (χ3v) is 3.37. The van der Waals surface area contributed by atoms with Crippen molar-refractivity contribution in [3.05, 3.63) is 87.2 Å². The Balaban J connectivity index is 1.92. The van der Waals surface area contributed by atoms with Crippen molar-refractivity contribution in [1.82, 2.24) is 0 Å². The zero-order valence-corrected chi connectivity index (χ0v) is 11.5. The summed E-state index contributed by atoms with van der Waals surface area (Å²) in [5, 5.41) is 23.8. The largest absolute Gasteiger partial charge is 0.618 e. The number of para-hydroxylation sites is 1. The Bertz CT molecular complexity index is 871. The maximum absolute atomic E-state index is 12.3. The van der Waals surface area contributed by atoms with Crippen LogP contribution in [0, 0.1) is 15.3 Å². The molecule has 0 saturated carbocycles. The molecule has 1 aromatic heterocycles. The molecule has 2 aromatic carbocycles. The number of fused-ring (bicyclic) bond motifs is 1. The Morgan fingerprint density at radius 3 is 2.36 bits per heavy atom. The molecule has 1 heterocycles. The van der Waals surface area contributed by atoms with Crippen LogP contribution in [0.3, 0.4) is 0 Å². The van der Waals surface area contributed by atoms with E-state index in [-0.39, 0.29) is 5.69 Å². The smallest absolute Gasteiger partial charge is 0.269 e. The van der Waals surface area contributed by atoms with Gasteiger partial charge in [-0.3, -0.25) is 10.1 Å². The van der Waals surface area contributed by atoms with E-state index in [2.05, 4.69) is 0 Å². The van der Waals surface area contributed by atoms with Crippen molar-refractivity contribution in [2.24, 2.45) is 0 Å². The van der Waals surface area contributed by atoms with Gasteiger partial charge in [-0.2, -0.15) is 4.73 Å². The molecule has 0 aliphatic heterocycles. The number of pyridine rings is 1. The second-order valence-corrected chi connectivity index (χ2v) is 4.79. The fourth-order valence-corrected chi connectivity index (χ4v) is 2.21. The molecule has 5 nitrogen and oxygen atoms in total. The van der Waals surface area contributed by atoms with Gasteiger partial charge in [0.1, 0.15) is 0 Å². The monoisotopic (exact) mass is 292 g/mol. The Hall–Kier alpha value is -3.21. The molecule has 0 spiro atoms. The summed E-state index contributed by atoms with van der Waals surface area (Å²) in [6, 6.07) is 17.1. The van der Waals surface area contributed by atoms with Crippen LogP contribution in [0.4, 0.5) is 5.69 Å². The second kappa shape index (κ2) is 5.65. The molecule has 0 saturated heterocycles. The molecule has 0 N–H and O–H groups in total. The van der Waals surface area contributed by atoms with Crippen molar-refractivity contribution in [2.45, 2.75) is 0 Å². The highest BCUT2D eigenvalue weighted by Gasteiger charge is 2.07. The van der Waals surface area contributed by atoms with Crippen molar-refractivity contribution in [3.63, 3.8) is 0 Å². The maximum Gasteiger partial charge on any atom is 0.269 e. The highest BCUT2D eigenvalue weighted by Crippen LogP contribution is 2.15. The van der Waals surface area contributed by atoms with Crippen LogP contribution < -0.4 is 4.73 Å². The first kappa shape index (κ1) is 13.8. The number of nitro benzene ring substituents is 1. The van der Waals surface area contributed by atoms with E-state index >= 15 is 0 Å². The lowest BCUT2D eigenvalue weighted by atomic mass is 10.1. The van der Waals surface area contributed by atoms with E-state index < -0.39 is 4.92 Å². The molecule has 3 aromatic rings. The van der Waals surface area contributed by atoms with Gasteiger partial charge in [0.25, 0.3) is 5.69 Å². The quantitative estimate of drug-likeness (QED) is 0.321. The molecule has 0 aliphatic carbocycles. The van der Waals surface area contributed by atoms with E-state index in [1.807, 2.05) is 24.3 Å². The highest BCUT2D eigenvalue weighted by atomic mass is 16.6. The highest BCUT2D eigenvalue weighted by molar-refractivity contribution is 5.77. The van der Waals surface area contributed by atoms with Gasteiger partial charge in [0.2, 0.25) is 11.2 Å². The van der Waals surface area contributed by atoms with Crippen molar-refractivity contribution in [1.29, 1.82) is 0 Å². The van der Waals surface area contributed by atoms with Gasteiger partial charge in [-0.15, -0.1) is 0 Å². The van der Waals surface area contributed by atoms with Gasteiger partial charge < -0.3 is 5.21 Å². The number of hydrogen-bond donors (Lipinski definition) is 0. The summed E-state index contributed by atoms with van der Waals surface area (Å²) in [4.78, 5) is 10.2. The molecule has 108 valence electrons. The summed E-state index contributed by atoms with van der Waals surface area (Å²) < 4.78 is 0.872. The molecule has 0 unspecified atom stereocenters. The van der Waals surface area contributed by atoms with Crippen molar-refractivity contribution >= 4 is 28.7 Å². The Labute approximate surface area is 126 Å². The normalized spacial score (nSPS) is 11.1. The van der Waals surface area contributed by atoms with Crippen LogP contribution in [0.5, 0.6) is 0 Å². The number of benzene rings is 2. The standard InChI is InChI=1S/C17H12N2O3/c20-18-15(12-8-14-3-1-2-4-17(14)18)9-5-13-6-10-16(11-7-13)19(21)22/h1-12H. The molecule has 0 radical (unpaired) electrons. The topological polar surface area (TPSA) is 70.1 Å². The third-order valence-electron chi connectivity index (χ3n) is 3.37. The van der Waals surface area contributed by atoms with Crippen LogP contribution in [0.1, 0.15) is 11.3 Å². The molecule has 0 aliphatic rings. The molecular formula is C17H12N2O3. The molecule has 3 rings (SSSR count). The van der Waals surface area contributed by atoms with E-state index in [1.54, 1.807) is 36.4 Å². The summed E-state index contributed by atoms with van der Waals surface area (Å²) in [5.41, 5.74) is 1.95. The van der Waals surface area contributed by atoms with Crippen LogP contribution in [0.25, 0.3) is 23.1 Å². The summed E-state index contributed by atoms with van der Waals surface area (Å²) >= 11 is 0. The van der Waals surface area contributed by atoms with Crippen LogP contribution in [0.15, 0.2) is 60.7 Å². The van der Waals surface area contributed by atoms with Gasteiger partial charge in [0.05, 0.1) is 4.92 Å². The Kier molecular flexibility index (Phi) is 3.53. The molecule has 0 fully saturated rings. The lowest BCUT2D eigenvalue weighted by molar-refractivity contribution is -0.579. The van der Waals surface area contributed by atoms with Crippen LogP contribution >= 0.6 is 0 Å². The van der Waals surface area contributed by atoms with Crippen molar-refractivity contribution < 1.29 is 9.65 Å². The molecule has 0 bridgehead atoms. The fraction of sp³-hybridized carbons (Fsp3) is 0. The van der Waals surface area contributed by atoms with E-state index in [4.69, 9.17) is 0 Å². The van der Waals surface area contributed by atoms with E-state index in [0.29, 0.717) is 11.2 Å². The molecule has 0 atom stereocenters. The van der Waals surface area contributed by atoms with Crippen molar-refractivity contribution in [3.8, 4) is 0 Å². The van der Waals surface area contributed by atoms with E-state index in [0.717, 1.165) is 15.7 Å². The fourth-order valence-electron chi connectivity index (χ4n) is 2.21. The average Bonchev–Trinajstić information content (AvgIpc) is 2.55. The molecule has 0 amide bonds. The number of nitro groups is 1. The van der Waals surface area contributed by atoms with E-state index in [1.165, 1.54) is 12.1 Å². The lowest BCUT2D eigenvalue weighted by Gasteiger charge is -2.04. The molecule has 22 heavy (non-hydrogen) atoms. The minimum Gasteiger partial charge on any atom is -0.618 e. The second-order valence-electron chi connectivity index (χ2n) is 4.79. The van der Waals surface area contributed by atoms with Crippen molar-refractivity contribution in [2.75, 3.05) is 0 Å². The molecule has 5 heteroatoms. The maximum atomic E-state index is 12.3. The number of hydrogen-bond acceptors (Lipinski definition) is 3. The van der Waals surface area contributed by atoms with Gasteiger partial charge in [0.15, 0.2) is 0 Å². The minimum absolute atomic E-state index is 0.0433. The zero-order chi connectivity index (χ0) is 15.5. The SMILES string of the molecule is O=[N+]([O-])c1ccc(C=Cc2ccc3ccccc3[n+]2[O-])cc1. The average molecular weight is 292 g/mol. The Morgan fingerprint density at radius 1 is 0.909 bits per heavy atom. The number of nitrogens with zero attached hydrogens (tertiary/aromatic N) is 2. The first-order valence-corrected chi connectivity index (χ1v) is 6.69. The number of non-ortho nitro benzene ring substituents is 1. The van der Waals surface area contributed by atoms with Gasteiger partial charge in [-0.25, -0.2) is 0 Å². The first-order valence-electron chi connectivity index (χ1n) is 6.69.